The Bertz CT molecular complexity index is 277. The number of aromatic nitrogens is 1. The number of rotatable bonds is 1. The zero-order valence-corrected chi connectivity index (χ0v) is 5.41. The van der Waals surface area contributed by atoms with E-state index in [1.54, 1.807) is 0 Å². The minimum absolute atomic E-state index is 0.282. The standard InChI is InChI=1S/C6H5FN2O2/c7-5-4(6(10)9-11)2-1-3-8-5/h1-3,11H,(H,9,10). The van der Waals surface area contributed by atoms with E-state index in [1.807, 2.05) is 0 Å². The Morgan fingerprint density at radius 2 is 2.45 bits per heavy atom. The first kappa shape index (κ1) is 7.62. The van der Waals surface area contributed by atoms with E-state index >= 15 is 0 Å². The molecule has 1 aromatic rings. The lowest BCUT2D eigenvalue weighted by Crippen LogP contribution is -2.20. The number of hydroxylamine groups is 1. The Labute approximate surface area is 61.6 Å². The molecule has 0 bridgehead atoms. The molecule has 1 heterocycles. The molecule has 2 N–H and O–H groups in total. The van der Waals surface area contributed by atoms with E-state index < -0.39 is 11.9 Å². The van der Waals surface area contributed by atoms with Crippen molar-refractivity contribution in [3.8, 4) is 0 Å². The molecule has 0 unspecified atom stereocenters. The van der Waals surface area contributed by atoms with Crippen molar-refractivity contribution in [2.24, 2.45) is 0 Å². The first-order chi connectivity index (χ1) is 5.25. The van der Waals surface area contributed by atoms with Gasteiger partial charge in [0.15, 0.2) is 0 Å². The molecule has 5 heteroatoms. The summed E-state index contributed by atoms with van der Waals surface area (Å²) in [5.74, 6) is -1.81. The fourth-order valence-corrected chi connectivity index (χ4v) is 0.616. The van der Waals surface area contributed by atoms with E-state index in [9.17, 15) is 9.18 Å². The monoisotopic (exact) mass is 156 g/mol. The number of nitrogens with zero attached hydrogens (tertiary/aromatic N) is 1. The highest BCUT2D eigenvalue weighted by Crippen LogP contribution is 2.01. The summed E-state index contributed by atoms with van der Waals surface area (Å²) >= 11 is 0. The molecule has 0 aliphatic carbocycles. The molecule has 0 fully saturated rings. The predicted octanol–water partition coefficient (Wildman–Crippen LogP) is 0.340. The summed E-state index contributed by atoms with van der Waals surface area (Å²) in [7, 11) is 0. The Kier molecular flexibility index (Phi) is 2.12. The van der Waals surface area contributed by atoms with Gasteiger partial charge in [0.1, 0.15) is 0 Å². The predicted molar refractivity (Wildman–Crippen MR) is 33.4 cm³/mol. The minimum Gasteiger partial charge on any atom is -0.288 e. The van der Waals surface area contributed by atoms with Crippen LogP contribution in [0.15, 0.2) is 18.3 Å². The number of pyridine rings is 1. The first-order valence-corrected chi connectivity index (χ1v) is 2.80. The maximum Gasteiger partial charge on any atom is 0.279 e. The Hall–Kier alpha value is -1.49. The lowest BCUT2D eigenvalue weighted by atomic mass is 10.3. The summed E-state index contributed by atoms with van der Waals surface area (Å²) in [5, 5.41) is 8.12. The number of hydrogen-bond donors (Lipinski definition) is 2. The van der Waals surface area contributed by atoms with Crippen molar-refractivity contribution in [2.75, 3.05) is 0 Å². The van der Waals surface area contributed by atoms with Crippen molar-refractivity contribution < 1.29 is 14.4 Å². The number of nitrogens with one attached hydrogen (secondary N) is 1. The van der Waals surface area contributed by atoms with Crippen LogP contribution >= 0.6 is 0 Å². The minimum atomic E-state index is -0.907. The molecule has 0 aliphatic rings. The van der Waals surface area contributed by atoms with Crippen LogP contribution in [0, 0.1) is 5.95 Å². The van der Waals surface area contributed by atoms with E-state index in [2.05, 4.69) is 4.98 Å². The highest BCUT2D eigenvalue weighted by molar-refractivity contribution is 5.93. The second kappa shape index (κ2) is 3.07. The molecular formula is C6H5FN2O2. The lowest BCUT2D eigenvalue weighted by Gasteiger charge is -1.97. The van der Waals surface area contributed by atoms with Crippen LogP contribution < -0.4 is 5.48 Å². The molecule has 0 saturated carbocycles. The van der Waals surface area contributed by atoms with Crippen molar-refractivity contribution in [1.82, 2.24) is 10.5 Å². The largest absolute Gasteiger partial charge is 0.288 e. The van der Waals surface area contributed by atoms with Crippen LogP contribution in [0.3, 0.4) is 0 Å². The Morgan fingerprint density at radius 1 is 1.73 bits per heavy atom. The average molecular weight is 156 g/mol. The van der Waals surface area contributed by atoms with E-state index in [1.165, 1.54) is 23.8 Å². The van der Waals surface area contributed by atoms with Crippen molar-refractivity contribution in [3.05, 3.63) is 29.8 Å². The van der Waals surface area contributed by atoms with Crippen LogP contribution in [-0.2, 0) is 0 Å². The Balaban J connectivity index is 3.03. The summed E-state index contributed by atoms with van der Waals surface area (Å²) in [6.45, 7) is 0. The first-order valence-electron chi connectivity index (χ1n) is 2.80. The van der Waals surface area contributed by atoms with Gasteiger partial charge in [-0.3, -0.25) is 10.0 Å². The molecule has 58 valence electrons. The van der Waals surface area contributed by atoms with Crippen LogP contribution in [0.2, 0.25) is 0 Å². The topological polar surface area (TPSA) is 62.2 Å². The quantitative estimate of drug-likeness (QED) is 0.350. The normalized spacial score (nSPS) is 9.27. The molecule has 0 radical (unpaired) electrons. The third-order valence-electron chi connectivity index (χ3n) is 1.11. The van der Waals surface area contributed by atoms with Crippen LogP contribution in [0.1, 0.15) is 10.4 Å². The molecule has 0 aromatic carbocycles. The molecule has 0 aliphatic heterocycles. The van der Waals surface area contributed by atoms with Crippen LogP contribution in [0.25, 0.3) is 0 Å². The van der Waals surface area contributed by atoms with Gasteiger partial charge in [0.2, 0.25) is 5.95 Å². The second-order valence-electron chi connectivity index (χ2n) is 1.78. The number of carbonyl (C=O) groups excluding carboxylic acids is 1. The molecule has 1 rings (SSSR count). The second-order valence-corrected chi connectivity index (χ2v) is 1.78. The highest BCUT2D eigenvalue weighted by Gasteiger charge is 2.09. The third-order valence-corrected chi connectivity index (χ3v) is 1.11. The molecule has 0 atom stereocenters. The van der Waals surface area contributed by atoms with Crippen molar-refractivity contribution in [1.29, 1.82) is 0 Å². The molecule has 0 spiro atoms. The molecule has 4 nitrogen and oxygen atoms in total. The maximum atomic E-state index is 12.5. The van der Waals surface area contributed by atoms with Crippen LogP contribution in [-0.4, -0.2) is 16.1 Å². The summed E-state index contributed by atoms with van der Waals surface area (Å²) in [6, 6.07) is 2.61. The average Bonchev–Trinajstić information content (AvgIpc) is 2.04. The van der Waals surface area contributed by atoms with Crippen molar-refractivity contribution in [2.45, 2.75) is 0 Å². The van der Waals surface area contributed by atoms with E-state index in [0.717, 1.165) is 0 Å². The molecule has 0 saturated heterocycles. The number of amides is 1. The van der Waals surface area contributed by atoms with Gasteiger partial charge >= 0.3 is 0 Å². The van der Waals surface area contributed by atoms with Gasteiger partial charge in [-0.05, 0) is 12.1 Å². The highest BCUT2D eigenvalue weighted by atomic mass is 19.1. The zero-order valence-electron chi connectivity index (χ0n) is 5.41. The molecule has 1 aromatic heterocycles. The number of hydrogen-bond acceptors (Lipinski definition) is 3. The lowest BCUT2D eigenvalue weighted by molar-refractivity contribution is 0.0701. The molecule has 11 heavy (non-hydrogen) atoms. The van der Waals surface area contributed by atoms with Gasteiger partial charge in [0, 0.05) is 6.20 Å². The van der Waals surface area contributed by atoms with Gasteiger partial charge in [0.05, 0.1) is 5.56 Å². The summed E-state index contributed by atoms with van der Waals surface area (Å²) in [4.78, 5) is 13.8. The van der Waals surface area contributed by atoms with Gasteiger partial charge in [-0.1, -0.05) is 0 Å². The number of halogens is 1. The number of carbonyl (C=O) groups is 1. The van der Waals surface area contributed by atoms with Gasteiger partial charge < -0.3 is 0 Å². The SMILES string of the molecule is O=C(NO)c1cccnc1F. The van der Waals surface area contributed by atoms with Gasteiger partial charge in [0.25, 0.3) is 5.91 Å². The van der Waals surface area contributed by atoms with Gasteiger partial charge in [-0.2, -0.15) is 4.39 Å². The fourth-order valence-electron chi connectivity index (χ4n) is 0.616. The van der Waals surface area contributed by atoms with Crippen LogP contribution in [0.4, 0.5) is 4.39 Å². The van der Waals surface area contributed by atoms with E-state index in [0.29, 0.717) is 0 Å². The smallest absolute Gasteiger partial charge is 0.279 e. The third kappa shape index (κ3) is 1.50. The van der Waals surface area contributed by atoms with Crippen molar-refractivity contribution in [3.63, 3.8) is 0 Å². The summed E-state index contributed by atoms with van der Waals surface area (Å²) in [6.07, 6.45) is 1.21. The van der Waals surface area contributed by atoms with E-state index in [-0.39, 0.29) is 5.56 Å². The fraction of sp³-hybridized carbons (Fsp3) is 0. The molecule has 1 amide bonds. The summed E-state index contributed by atoms with van der Waals surface area (Å²) < 4.78 is 12.5. The zero-order chi connectivity index (χ0) is 8.27. The van der Waals surface area contributed by atoms with Crippen LogP contribution in [0.5, 0.6) is 0 Å². The maximum absolute atomic E-state index is 12.5. The van der Waals surface area contributed by atoms with Gasteiger partial charge in [-0.15, -0.1) is 0 Å². The summed E-state index contributed by atoms with van der Waals surface area (Å²) in [5.41, 5.74) is 1.02. The van der Waals surface area contributed by atoms with E-state index in [4.69, 9.17) is 5.21 Å². The Morgan fingerprint density at radius 3 is 3.00 bits per heavy atom. The van der Waals surface area contributed by atoms with Gasteiger partial charge in [-0.25, -0.2) is 10.5 Å². The van der Waals surface area contributed by atoms with Crippen molar-refractivity contribution >= 4 is 5.91 Å². The molecular weight excluding hydrogens is 151 g/mol.